The number of likely N-dealkylation sites (tertiary alicyclic amines) is 1. The fourth-order valence-corrected chi connectivity index (χ4v) is 2.52. The molecular formula is C13H28N2O. The lowest BCUT2D eigenvalue weighted by molar-refractivity contribution is 0.0897. The summed E-state index contributed by atoms with van der Waals surface area (Å²) >= 11 is 0. The molecule has 1 aliphatic heterocycles. The fourth-order valence-electron chi connectivity index (χ4n) is 2.52. The molecule has 1 saturated heterocycles. The molecule has 2 atom stereocenters. The molecule has 1 aliphatic rings. The van der Waals surface area contributed by atoms with Crippen molar-refractivity contribution in [1.82, 2.24) is 4.90 Å². The van der Waals surface area contributed by atoms with Crippen molar-refractivity contribution in [2.75, 3.05) is 33.3 Å². The van der Waals surface area contributed by atoms with Gasteiger partial charge in [-0.2, -0.15) is 0 Å². The van der Waals surface area contributed by atoms with E-state index in [1.165, 1.54) is 38.8 Å². The van der Waals surface area contributed by atoms with Crippen LogP contribution in [0.2, 0.25) is 0 Å². The summed E-state index contributed by atoms with van der Waals surface area (Å²) in [6.45, 7) is 6.63. The molecule has 0 amide bonds. The molecule has 0 aliphatic carbocycles. The number of ether oxygens (including phenoxy) is 1. The highest BCUT2D eigenvalue weighted by Gasteiger charge is 2.16. The summed E-state index contributed by atoms with van der Waals surface area (Å²) in [4.78, 5) is 2.58. The van der Waals surface area contributed by atoms with Crippen molar-refractivity contribution >= 4 is 0 Å². The molecule has 1 rings (SSSR count). The van der Waals surface area contributed by atoms with Crippen LogP contribution in [0.25, 0.3) is 0 Å². The minimum atomic E-state index is 0.241. The van der Waals surface area contributed by atoms with E-state index in [0.717, 1.165) is 18.9 Å². The normalized spacial score (nSPS) is 25.3. The van der Waals surface area contributed by atoms with Crippen molar-refractivity contribution in [2.45, 2.75) is 45.1 Å². The highest BCUT2D eigenvalue weighted by molar-refractivity contribution is 4.71. The summed E-state index contributed by atoms with van der Waals surface area (Å²) in [5, 5.41) is 0. The van der Waals surface area contributed by atoms with E-state index >= 15 is 0 Å². The largest absolute Gasteiger partial charge is 0.380 e. The third-order valence-corrected chi connectivity index (χ3v) is 3.88. The average Bonchev–Trinajstić information content (AvgIpc) is 2.55. The van der Waals surface area contributed by atoms with Crippen LogP contribution in [0.15, 0.2) is 0 Å². The van der Waals surface area contributed by atoms with Crippen LogP contribution in [0.5, 0.6) is 0 Å². The van der Waals surface area contributed by atoms with Crippen molar-refractivity contribution in [3.8, 4) is 0 Å². The van der Waals surface area contributed by atoms with Gasteiger partial charge in [0.25, 0.3) is 0 Å². The predicted molar refractivity (Wildman–Crippen MR) is 68.5 cm³/mol. The maximum atomic E-state index is 5.63. The Morgan fingerprint density at radius 3 is 2.81 bits per heavy atom. The molecule has 0 aromatic carbocycles. The Balaban J connectivity index is 2.21. The SMILES string of the molecule is CCC1CCCN(CCC(CN)OC)CC1. The average molecular weight is 228 g/mol. The number of hydrogen-bond acceptors (Lipinski definition) is 3. The zero-order valence-electron chi connectivity index (χ0n) is 11.0. The quantitative estimate of drug-likeness (QED) is 0.754. The number of methoxy groups -OCH3 is 1. The molecule has 2 N–H and O–H groups in total. The van der Waals surface area contributed by atoms with Gasteiger partial charge in [-0.3, -0.25) is 0 Å². The summed E-state index contributed by atoms with van der Waals surface area (Å²) < 4.78 is 5.31. The summed E-state index contributed by atoms with van der Waals surface area (Å²) in [7, 11) is 1.76. The van der Waals surface area contributed by atoms with Crippen LogP contribution in [0, 0.1) is 5.92 Å². The van der Waals surface area contributed by atoms with Crippen LogP contribution in [0.4, 0.5) is 0 Å². The number of hydrogen-bond donors (Lipinski definition) is 1. The second-order valence-corrected chi connectivity index (χ2v) is 4.93. The molecule has 1 fully saturated rings. The van der Waals surface area contributed by atoms with E-state index in [-0.39, 0.29) is 6.10 Å². The Hall–Kier alpha value is -0.120. The van der Waals surface area contributed by atoms with E-state index in [9.17, 15) is 0 Å². The molecule has 2 unspecified atom stereocenters. The lowest BCUT2D eigenvalue weighted by Crippen LogP contribution is -2.31. The summed E-state index contributed by atoms with van der Waals surface area (Å²) in [6, 6.07) is 0. The number of rotatable bonds is 6. The monoisotopic (exact) mass is 228 g/mol. The molecular weight excluding hydrogens is 200 g/mol. The lowest BCUT2D eigenvalue weighted by Gasteiger charge is -2.22. The summed E-state index contributed by atoms with van der Waals surface area (Å²) in [6.07, 6.45) is 6.80. The molecule has 0 saturated carbocycles. The molecule has 0 aromatic heterocycles. The van der Waals surface area contributed by atoms with Crippen molar-refractivity contribution in [2.24, 2.45) is 11.7 Å². The standard InChI is InChI=1S/C13H28N2O/c1-3-12-5-4-8-15(9-6-12)10-7-13(11-14)16-2/h12-13H,3-11,14H2,1-2H3. The molecule has 3 heteroatoms. The van der Waals surface area contributed by atoms with Crippen LogP contribution < -0.4 is 5.73 Å². The van der Waals surface area contributed by atoms with Gasteiger partial charge in [0.05, 0.1) is 6.10 Å². The van der Waals surface area contributed by atoms with Gasteiger partial charge in [0.2, 0.25) is 0 Å². The highest BCUT2D eigenvalue weighted by atomic mass is 16.5. The number of nitrogens with two attached hydrogens (primary N) is 1. The van der Waals surface area contributed by atoms with Gasteiger partial charge < -0.3 is 15.4 Å². The highest BCUT2D eigenvalue weighted by Crippen LogP contribution is 2.20. The van der Waals surface area contributed by atoms with Gasteiger partial charge in [-0.25, -0.2) is 0 Å². The molecule has 0 radical (unpaired) electrons. The lowest BCUT2D eigenvalue weighted by atomic mass is 9.98. The zero-order chi connectivity index (χ0) is 11.8. The Morgan fingerprint density at radius 1 is 1.38 bits per heavy atom. The predicted octanol–water partition coefficient (Wildman–Crippen LogP) is 1.86. The van der Waals surface area contributed by atoms with Crippen molar-refractivity contribution < 1.29 is 4.74 Å². The van der Waals surface area contributed by atoms with Gasteiger partial charge >= 0.3 is 0 Å². The first kappa shape index (κ1) is 13.9. The molecule has 0 spiro atoms. The smallest absolute Gasteiger partial charge is 0.0705 e. The van der Waals surface area contributed by atoms with E-state index in [2.05, 4.69) is 11.8 Å². The first-order valence-electron chi connectivity index (χ1n) is 6.75. The van der Waals surface area contributed by atoms with Gasteiger partial charge in [-0.15, -0.1) is 0 Å². The summed E-state index contributed by atoms with van der Waals surface area (Å²) in [5.74, 6) is 0.956. The Bertz CT molecular complexity index is 171. The van der Waals surface area contributed by atoms with E-state index < -0.39 is 0 Å². The van der Waals surface area contributed by atoms with E-state index in [1.54, 1.807) is 7.11 Å². The van der Waals surface area contributed by atoms with Gasteiger partial charge in [-0.1, -0.05) is 13.3 Å². The first-order valence-corrected chi connectivity index (χ1v) is 6.75. The zero-order valence-corrected chi connectivity index (χ0v) is 11.0. The molecule has 0 aromatic rings. The molecule has 1 heterocycles. The Morgan fingerprint density at radius 2 is 2.19 bits per heavy atom. The Labute approximate surface area is 100 Å². The maximum Gasteiger partial charge on any atom is 0.0705 e. The number of nitrogens with zero attached hydrogens (tertiary/aromatic N) is 1. The topological polar surface area (TPSA) is 38.5 Å². The molecule has 0 bridgehead atoms. The minimum Gasteiger partial charge on any atom is -0.380 e. The van der Waals surface area contributed by atoms with Gasteiger partial charge in [0, 0.05) is 20.2 Å². The van der Waals surface area contributed by atoms with Crippen LogP contribution in [0.1, 0.15) is 39.0 Å². The van der Waals surface area contributed by atoms with Crippen LogP contribution in [-0.4, -0.2) is 44.3 Å². The minimum absolute atomic E-state index is 0.241. The van der Waals surface area contributed by atoms with Gasteiger partial charge in [0.15, 0.2) is 0 Å². The van der Waals surface area contributed by atoms with Crippen molar-refractivity contribution in [3.63, 3.8) is 0 Å². The van der Waals surface area contributed by atoms with Crippen LogP contribution in [0.3, 0.4) is 0 Å². The molecule has 3 nitrogen and oxygen atoms in total. The van der Waals surface area contributed by atoms with Crippen LogP contribution in [-0.2, 0) is 4.74 Å². The van der Waals surface area contributed by atoms with E-state index in [0.29, 0.717) is 6.54 Å². The van der Waals surface area contributed by atoms with Crippen LogP contribution >= 0.6 is 0 Å². The summed E-state index contributed by atoms with van der Waals surface area (Å²) in [5.41, 5.74) is 5.63. The van der Waals surface area contributed by atoms with Gasteiger partial charge in [-0.05, 0) is 44.7 Å². The van der Waals surface area contributed by atoms with E-state index in [1.807, 2.05) is 0 Å². The third kappa shape index (κ3) is 4.81. The Kier molecular flexibility index (Phi) is 7.01. The second-order valence-electron chi connectivity index (χ2n) is 4.93. The van der Waals surface area contributed by atoms with Crippen molar-refractivity contribution in [1.29, 1.82) is 0 Å². The first-order chi connectivity index (χ1) is 7.80. The molecule has 96 valence electrons. The second kappa shape index (κ2) is 8.04. The molecule has 16 heavy (non-hydrogen) atoms. The van der Waals surface area contributed by atoms with Gasteiger partial charge in [0.1, 0.15) is 0 Å². The third-order valence-electron chi connectivity index (χ3n) is 3.88. The maximum absolute atomic E-state index is 5.63. The fraction of sp³-hybridized carbons (Fsp3) is 1.00. The van der Waals surface area contributed by atoms with E-state index in [4.69, 9.17) is 10.5 Å². The van der Waals surface area contributed by atoms with Crippen molar-refractivity contribution in [3.05, 3.63) is 0 Å².